The SMILES string of the molecule is Cc1c(C(C)C)ccc2c(O)c(C(C)C)c(=O)oc12. The van der Waals surface area contributed by atoms with E-state index in [1.807, 2.05) is 32.9 Å². The van der Waals surface area contributed by atoms with Gasteiger partial charge in [0, 0.05) is 0 Å². The van der Waals surface area contributed by atoms with Gasteiger partial charge in [-0.1, -0.05) is 33.8 Å². The molecule has 0 bridgehead atoms. The largest absolute Gasteiger partial charge is 0.507 e. The summed E-state index contributed by atoms with van der Waals surface area (Å²) in [6.07, 6.45) is 0. The fourth-order valence-corrected chi connectivity index (χ4v) is 2.55. The third-order valence-electron chi connectivity index (χ3n) is 3.57. The summed E-state index contributed by atoms with van der Waals surface area (Å²) in [7, 11) is 0. The smallest absolute Gasteiger partial charge is 0.343 e. The van der Waals surface area contributed by atoms with Gasteiger partial charge in [-0.3, -0.25) is 0 Å². The van der Waals surface area contributed by atoms with E-state index in [-0.39, 0.29) is 11.7 Å². The summed E-state index contributed by atoms with van der Waals surface area (Å²) in [5.41, 5.74) is 2.47. The van der Waals surface area contributed by atoms with E-state index in [2.05, 4.69) is 13.8 Å². The third-order valence-corrected chi connectivity index (χ3v) is 3.57. The van der Waals surface area contributed by atoms with Crippen LogP contribution in [0, 0.1) is 6.92 Å². The average Bonchev–Trinajstić information content (AvgIpc) is 2.29. The Balaban J connectivity index is 2.89. The molecule has 0 amide bonds. The molecule has 0 atom stereocenters. The van der Waals surface area contributed by atoms with Crippen LogP contribution in [0.4, 0.5) is 0 Å². The van der Waals surface area contributed by atoms with Gasteiger partial charge in [-0.05, 0) is 36.0 Å². The molecule has 2 rings (SSSR count). The number of aromatic hydroxyl groups is 1. The van der Waals surface area contributed by atoms with E-state index in [1.54, 1.807) is 0 Å². The number of hydrogen-bond acceptors (Lipinski definition) is 3. The van der Waals surface area contributed by atoms with Crippen LogP contribution in [-0.2, 0) is 0 Å². The Morgan fingerprint density at radius 2 is 1.74 bits per heavy atom. The Hall–Kier alpha value is -1.77. The van der Waals surface area contributed by atoms with E-state index in [9.17, 15) is 9.90 Å². The summed E-state index contributed by atoms with van der Waals surface area (Å²) in [5.74, 6) is 0.340. The first-order valence-corrected chi connectivity index (χ1v) is 6.63. The molecular formula is C16H20O3. The van der Waals surface area contributed by atoms with Crippen molar-refractivity contribution >= 4 is 11.0 Å². The van der Waals surface area contributed by atoms with E-state index < -0.39 is 5.63 Å². The highest BCUT2D eigenvalue weighted by atomic mass is 16.4. The van der Waals surface area contributed by atoms with E-state index in [4.69, 9.17) is 4.42 Å². The minimum Gasteiger partial charge on any atom is -0.507 e. The minimum absolute atomic E-state index is 0.0552. The summed E-state index contributed by atoms with van der Waals surface area (Å²) in [5, 5.41) is 10.9. The van der Waals surface area contributed by atoms with Gasteiger partial charge in [0.2, 0.25) is 0 Å². The molecule has 1 aromatic heterocycles. The van der Waals surface area contributed by atoms with Crippen molar-refractivity contribution in [2.75, 3.05) is 0 Å². The quantitative estimate of drug-likeness (QED) is 0.828. The molecule has 0 spiro atoms. The number of fused-ring (bicyclic) bond motifs is 1. The second-order valence-corrected chi connectivity index (χ2v) is 5.62. The first-order chi connectivity index (χ1) is 8.84. The van der Waals surface area contributed by atoms with Crippen molar-refractivity contribution in [3.05, 3.63) is 39.2 Å². The molecule has 0 saturated carbocycles. The summed E-state index contributed by atoms with van der Waals surface area (Å²) in [4.78, 5) is 12.0. The molecule has 0 radical (unpaired) electrons. The van der Waals surface area contributed by atoms with Gasteiger partial charge in [-0.15, -0.1) is 0 Å². The van der Waals surface area contributed by atoms with Crippen LogP contribution in [0.5, 0.6) is 5.75 Å². The first kappa shape index (κ1) is 13.7. The van der Waals surface area contributed by atoms with E-state index in [0.717, 1.165) is 11.1 Å². The Kier molecular flexibility index (Phi) is 3.40. The van der Waals surface area contributed by atoms with Gasteiger partial charge in [-0.25, -0.2) is 4.79 Å². The lowest BCUT2D eigenvalue weighted by Gasteiger charge is -2.14. The number of rotatable bonds is 2. The summed E-state index contributed by atoms with van der Waals surface area (Å²) in [6, 6.07) is 3.83. The zero-order chi connectivity index (χ0) is 14.3. The molecule has 0 aliphatic carbocycles. The Morgan fingerprint density at radius 3 is 2.26 bits per heavy atom. The predicted molar refractivity (Wildman–Crippen MR) is 77.1 cm³/mol. The van der Waals surface area contributed by atoms with Crippen LogP contribution in [0.3, 0.4) is 0 Å². The van der Waals surface area contributed by atoms with Crippen LogP contribution >= 0.6 is 0 Å². The molecule has 3 heteroatoms. The fourth-order valence-electron chi connectivity index (χ4n) is 2.55. The highest BCUT2D eigenvalue weighted by Gasteiger charge is 2.19. The fraction of sp³-hybridized carbons (Fsp3) is 0.438. The van der Waals surface area contributed by atoms with Crippen molar-refractivity contribution in [3.8, 4) is 5.75 Å². The zero-order valence-corrected chi connectivity index (χ0v) is 12.1. The van der Waals surface area contributed by atoms with Crippen molar-refractivity contribution in [3.63, 3.8) is 0 Å². The number of benzene rings is 1. The molecule has 3 nitrogen and oxygen atoms in total. The van der Waals surface area contributed by atoms with Crippen LogP contribution in [0.2, 0.25) is 0 Å². The van der Waals surface area contributed by atoms with Gasteiger partial charge in [0.15, 0.2) is 0 Å². The Labute approximate surface area is 112 Å². The highest BCUT2D eigenvalue weighted by molar-refractivity contribution is 5.87. The average molecular weight is 260 g/mol. The summed E-state index contributed by atoms with van der Waals surface area (Å²) >= 11 is 0. The molecule has 0 aliphatic heterocycles. The van der Waals surface area contributed by atoms with Crippen LogP contribution in [0.1, 0.15) is 56.2 Å². The number of aryl methyl sites for hydroxylation is 1. The molecule has 19 heavy (non-hydrogen) atoms. The van der Waals surface area contributed by atoms with E-state index in [0.29, 0.717) is 22.5 Å². The van der Waals surface area contributed by atoms with Crippen molar-refractivity contribution in [2.24, 2.45) is 0 Å². The lowest BCUT2D eigenvalue weighted by Crippen LogP contribution is -2.10. The molecule has 0 unspecified atom stereocenters. The molecule has 0 saturated heterocycles. The maximum absolute atomic E-state index is 12.0. The molecule has 0 fully saturated rings. The van der Waals surface area contributed by atoms with Gasteiger partial charge in [0.25, 0.3) is 0 Å². The lowest BCUT2D eigenvalue weighted by molar-refractivity contribution is 0.451. The van der Waals surface area contributed by atoms with Gasteiger partial charge < -0.3 is 9.52 Å². The Morgan fingerprint density at radius 1 is 1.11 bits per heavy atom. The van der Waals surface area contributed by atoms with Crippen LogP contribution < -0.4 is 5.63 Å². The minimum atomic E-state index is -0.441. The molecule has 1 heterocycles. The van der Waals surface area contributed by atoms with Gasteiger partial charge >= 0.3 is 5.63 Å². The summed E-state index contributed by atoms with van der Waals surface area (Å²) < 4.78 is 5.44. The second kappa shape index (κ2) is 4.72. The highest BCUT2D eigenvalue weighted by Crippen LogP contribution is 2.34. The molecule has 2 aromatic rings. The second-order valence-electron chi connectivity index (χ2n) is 5.62. The molecule has 1 aromatic carbocycles. The topological polar surface area (TPSA) is 50.4 Å². The van der Waals surface area contributed by atoms with E-state index >= 15 is 0 Å². The van der Waals surface area contributed by atoms with Crippen molar-refractivity contribution in [2.45, 2.75) is 46.5 Å². The lowest BCUT2D eigenvalue weighted by atomic mass is 9.94. The molecule has 1 N–H and O–H groups in total. The number of hydrogen-bond donors (Lipinski definition) is 1. The van der Waals surface area contributed by atoms with Gasteiger partial charge in [-0.2, -0.15) is 0 Å². The van der Waals surface area contributed by atoms with Gasteiger partial charge in [0.1, 0.15) is 11.3 Å². The molecule has 102 valence electrons. The third kappa shape index (κ3) is 2.14. The zero-order valence-electron chi connectivity index (χ0n) is 12.1. The van der Waals surface area contributed by atoms with Crippen molar-refractivity contribution in [1.82, 2.24) is 0 Å². The Bertz CT molecular complexity index is 678. The normalized spacial score (nSPS) is 11.7. The maximum Gasteiger partial charge on any atom is 0.343 e. The van der Waals surface area contributed by atoms with Crippen molar-refractivity contribution in [1.29, 1.82) is 0 Å². The maximum atomic E-state index is 12.0. The van der Waals surface area contributed by atoms with Crippen LogP contribution in [-0.4, -0.2) is 5.11 Å². The first-order valence-electron chi connectivity index (χ1n) is 6.63. The van der Waals surface area contributed by atoms with Crippen LogP contribution in [0.25, 0.3) is 11.0 Å². The summed E-state index contributed by atoms with van der Waals surface area (Å²) in [6.45, 7) is 9.85. The standard InChI is InChI=1S/C16H20O3/c1-8(2)11-6-7-12-14(17)13(9(3)4)16(18)19-15(12)10(11)5/h6-9,17H,1-5H3. The molecule has 0 aliphatic rings. The van der Waals surface area contributed by atoms with E-state index in [1.165, 1.54) is 0 Å². The molecular weight excluding hydrogens is 240 g/mol. The van der Waals surface area contributed by atoms with Crippen molar-refractivity contribution < 1.29 is 9.52 Å². The van der Waals surface area contributed by atoms with Gasteiger partial charge in [0.05, 0.1) is 10.9 Å². The monoisotopic (exact) mass is 260 g/mol. The van der Waals surface area contributed by atoms with Crippen LogP contribution in [0.15, 0.2) is 21.3 Å². The predicted octanol–water partition coefficient (Wildman–Crippen LogP) is 4.05.